The molecular weight excluding hydrogens is 350 g/mol. The summed E-state index contributed by atoms with van der Waals surface area (Å²) in [5, 5.41) is 11.6. The molecular formula is C19H27N3O5. The van der Waals surface area contributed by atoms with Gasteiger partial charge in [-0.1, -0.05) is 13.0 Å². The SMILES string of the molecule is CCCNC(=O)c1cccc(C(=O)N2CCOC(CN(C)CC(=O)O)C2)c1. The normalized spacial score (nSPS) is 17.0. The van der Waals surface area contributed by atoms with Crippen LogP contribution in [-0.4, -0.2) is 85.2 Å². The molecule has 0 aliphatic carbocycles. The number of carboxylic acid groups (broad SMARTS) is 1. The van der Waals surface area contributed by atoms with Crippen molar-refractivity contribution in [1.82, 2.24) is 15.1 Å². The molecule has 1 heterocycles. The zero-order chi connectivity index (χ0) is 19.8. The molecule has 27 heavy (non-hydrogen) atoms. The van der Waals surface area contributed by atoms with Crippen LogP contribution in [0.25, 0.3) is 0 Å². The van der Waals surface area contributed by atoms with Gasteiger partial charge in [-0.15, -0.1) is 0 Å². The monoisotopic (exact) mass is 377 g/mol. The highest BCUT2D eigenvalue weighted by Crippen LogP contribution is 2.13. The second-order valence-corrected chi connectivity index (χ2v) is 6.67. The zero-order valence-electron chi connectivity index (χ0n) is 15.8. The molecule has 0 aromatic heterocycles. The van der Waals surface area contributed by atoms with Crippen LogP contribution in [0, 0.1) is 0 Å². The fourth-order valence-electron chi connectivity index (χ4n) is 2.97. The first-order chi connectivity index (χ1) is 12.9. The Labute approximate surface area is 159 Å². The predicted octanol–water partition coefficient (Wildman–Crippen LogP) is 0.684. The van der Waals surface area contributed by atoms with Gasteiger partial charge in [0.2, 0.25) is 0 Å². The molecule has 0 radical (unpaired) electrons. The van der Waals surface area contributed by atoms with Crippen molar-refractivity contribution >= 4 is 17.8 Å². The first-order valence-corrected chi connectivity index (χ1v) is 9.10. The van der Waals surface area contributed by atoms with Gasteiger partial charge in [-0.3, -0.25) is 19.3 Å². The Morgan fingerprint density at radius 2 is 2.07 bits per heavy atom. The number of carbonyl (C=O) groups excluding carboxylic acids is 2. The van der Waals surface area contributed by atoms with E-state index in [1.807, 2.05) is 6.92 Å². The lowest BCUT2D eigenvalue weighted by Crippen LogP contribution is -2.49. The lowest BCUT2D eigenvalue weighted by atomic mass is 10.1. The van der Waals surface area contributed by atoms with Crippen LogP contribution in [0.1, 0.15) is 34.1 Å². The average Bonchev–Trinajstić information content (AvgIpc) is 2.65. The molecule has 1 aromatic carbocycles. The summed E-state index contributed by atoms with van der Waals surface area (Å²) in [6.45, 7) is 4.15. The molecule has 8 heteroatoms. The van der Waals surface area contributed by atoms with E-state index in [4.69, 9.17) is 9.84 Å². The largest absolute Gasteiger partial charge is 0.480 e. The van der Waals surface area contributed by atoms with Gasteiger partial charge >= 0.3 is 5.97 Å². The summed E-state index contributed by atoms with van der Waals surface area (Å²) >= 11 is 0. The Morgan fingerprint density at radius 1 is 1.33 bits per heavy atom. The smallest absolute Gasteiger partial charge is 0.317 e. The van der Waals surface area contributed by atoms with Crippen LogP contribution in [0.5, 0.6) is 0 Å². The second kappa shape index (κ2) is 10.0. The third-order valence-corrected chi connectivity index (χ3v) is 4.25. The number of morpholine rings is 1. The maximum atomic E-state index is 12.8. The number of nitrogens with zero attached hydrogens (tertiary/aromatic N) is 2. The van der Waals surface area contributed by atoms with E-state index < -0.39 is 5.97 Å². The minimum Gasteiger partial charge on any atom is -0.480 e. The van der Waals surface area contributed by atoms with E-state index in [1.165, 1.54) is 0 Å². The molecule has 1 aliphatic rings. The molecule has 1 aromatic rings. The molecule has 1 unspecified atom stereocenters. The minimum atomic E-state index is -0.903. The summed E-state index contributed by atoms with van der Waals surface area (Å²) in [7, 11) is 1.70. The van der Waals surface area contributed by atoms with Gasteiger partial charge < -0.3 is 20.1 Å². The van der Waals surface area contributed by atoms with Crippen molar-refractivity contribution in [2.75, 3.05) is 46.4 Å². The molecule has 2 rings (SSSR count). The quantitative estimate of drug-likeness (QED) is 0.691. The molecule has 8 nitrogen and oxygen atoms in total. The van der Waals surface area contributed by atoms with Crippen LogP contribution in [0.4, 0.5) is 0 Å². The molecule has 2 N–H and O–H groups in total. The summed E-state index contributed by atoms with van der Waals surface area (Å²) in [4.78, 5) is 39.1. The molecule has 0 bridgehead atoms. The summed E-state index contributed by atoms with van der Waals surface area (Å²) in [6.07, 6.45) is 0.596. The van der Waals surface area contributed by atoms with E-state index in [-0.39, 0.29) is 24.5 Å². The number of aliphatic carboxylic acids is 1. The third kappa shape index (κ3) is 6.33. The van der Waals surface area contributed by atoms with Crippen molar-refractivity contribution in [3.05, 3.63) is 35.4 Å². The highest BCUT2D eigenvalue weighted by Gasteiger charge is 2.26. The fourth-order valence-corrected chi connectivity index (χ4v) is 2.97. The van der Waals surface area contributed by atoms with Crippen molar-refractivity contribution in [2.45, 2.75) is 19.4 Å². The molecule has 0 spiro atoms. The Morgan fingerprint density at radius 3 is 2.78 bits per heavy atom. The molecule has 2 amide bonds. The van der Waals surface area contributed by atoms with Crippen molar-refractivity contribution < 1.29 is 24.2 Å². The summed E-state index contributed by atoms with van der Waals surface area (Å²) in [6, 6.07) is 6.69. The van der Waals surface area contributed by atoms with E-state index in [0.29, 0.717) is 43.9 Å². The highest BCUT2D eigenvalue weighted by atomic mass is 16.5. The number of ether oxygens (including phenoxy) is 1. The predicted molar refractivity (Wildman–Crippen MR) is 99.8 cm³/mol. The minimum absolute atomic E-state index is 0.0806. The first-order valence-electron chi connectivity index (χ1n) is 9.10. The fraction of sp³-hybridized carbons (Fsp3) is 0.526. The van der Waals surface area contributed by atoms with Gasteiger partial charge in [-0.2, -0.15) is 0 Å². The van der Waals surface area contributed by atoms with Crippen LogP contribution >= 0.6 is 0 Å². The number of likely N-dealkylation sites (N-methyl/N-ethyl adjacent to an activating group) is 1. The van der Waals surface area contributed by atoms with Crippen LogP contribution in [0.15, 0.2) is 24.3 Å². The van der Waals surface area contributed by atoms with Gasteiger partial charge in [-0.05, 0) is 31.7 Å². The van der Waals surface area contributed by atoms with Crippen LogP contribution < -0.4 is 5.32 Å². The van der Waals surface area contributed by atoms with Crippen molar-refractivity contribution in [2.24, 2.45) is 0 Å². The van der Waals surface area contributed by atoms with E-state index in [1.54, 1.807) is 41.1 Å². The van der Waals surface area contributed by atoms with Crippen molar-refractivity contribution in [3.8, 4) is 0 Å². The van der Waals surface area contributed by atoms with Gasteiger partial charge in [0.05, 0.1) is 19.3 Å². The van der Waals surface area contributed by atoms with Gasteiger partial charge in [0.15, 0.2) is 0 Å². The zero-order valence-corrected chi connectivity index (χ0v) is 15.8. The average molecular weight is 377 g/mol. The van der Waals surface area contributed by atoms with E-state index in [0.717, 1.165) is 6.42 Å². The summed E-state index contributed by atoms with van der Waals surface area (Å²) in [5.74, 6) is -1.25. The maximum Gasteiger partial charge on any atom is 0.317 e. The molecule has 148 valence electrons. The Bertz CT molecular complexity index is 679. The summed E-state index contributed by atoms with van der Waals surface area (Å²) < 4.78 is 5.66. The number of nitrogens with one attached hydrogen (secondary N) is 1. The molecule has 1 fully saturated rings. The van der Waals surface area contributed by atoms with E-state index >= 15 is 0 Å². The van der Waals surface area contributed by atoms with Crippen LogP contribution in [0.3, 0.4) is 0 Å². The number of amides is 2. The molecule has 0 saturated carbocycles. The number of benzene rings is 1. The highest BCUT2D eigenvalue weighted by molar-refractivity contribution is 5.99. The van der Waals surface area contributed by atoms with Gasteiger partial charge in [0, 0.05) is 37.3 Å². The van der Waals surface area contributed by atoms with Gasteiger partial charge in [0.25, 0.3) is 11.8 Å². The number of carboxylic acids is 1. The number of carbonyl (C=O) groups is 3. The van der Waals surface area contributed by atoms with Gasteiger partial charge in [-0.25, -0.2) is 0 Å². The Balaban J connectivity index is 2.00. The van der Waals surface area contributed by atoms with Crippen LogP contribution in [-0.2, 0) is 9.53 Å². The maximum absolute atomic E-state index is 12.8. The van der Waals surface area contributed by atoms with Crippen LogP contribution in [0.2, 0.25) is 0 Å². The Hall–Kier alpha value is -2.45. The summed E-state index contributed by atoms with van der Waals surface area (Å²) in [5.41, 5.74) is 0.916. The van der Waals surface area contributed by atoms with E-state index in [9.17, 15) is 14.4 Å². The number of hydrogen-bond donors (Lipinski definition) is 2. The Kier molecular flexibility index (Phi) is 7.75. The number of hydrogen-bond acceptors (Lipinski definition) is 5. The lowest BCUT2D eigenvalue weighted by Gasteiger charge is -2.34. The van der Waals surface area contributed by atoms with Crippen molar-refractivity contribution in [3.63, 3.8) is 0 Å². The first kappa shape index (κ1) is 20.9. The topological polar surface area (TPSA) is 99.2 Å². The molecule has 1 saturated heterocycles. The molecule has 1 aliphatic heterocycles. The van der Waals surface area contributed by atoms with Crippen molar-refractivity contribution in [1.29, 1.82) is 0 Å². The number of rotatable bonds is 8. The lowest BCUT2D eigenvalue weighted by molar-refractivity contribution is -0.138. The third-order valence-electron chi connectivity index (χ3n) is 4.25. The standard InChI is InChI=1S/C19H27N3O5/c1-3-7-20-18(25)14-5-4-6-15(10-14)19(26)22-8-9-27-16(12-22)11-21(2)13-17(23)24/h4-6,10,16H,3,7-9,11-13H2,1-2H3,(H,20,25)(H,23,24). The second-order valence-electron chi connectivity index (χ2n) is 6.67. The van der Waals surface area contributed by atoms with E-state index in [2.05, 4.69) is 5.32 Å². The molecule has 1 atom stereocenters. The van der Waals surface area contributed by atoms with Gasteiger partial charge in [0.1, 0.15) is 0 Å².